The first kappa shape index (κ1) is 17.0. The predicted molar refractivity (Wildman–Crippen MR) is 85.0 cm³/mol. The molecule has 112 valence electrons. The van der Waals surface area contributed by atoms with Crippen molar-refractivity contribution >= 4 is 23.2 Å². The average molecular weight is 298 g/mol. The molecule has 1 amide bonds. The Balaban J connectivity index is 2.32. The van der Waals surface area contributed by atoms with Gasteiger partial charge < -0.3 is 11.1 Å². The molecule has 0 radical (unpaired) electrons. The van der Waals surface area contributed by atoms with Gasteiger partial charge in [-0.05, 0) is 50.2 Å². The Kier molecular flexibility index (Phi) is 6.99. The van der Waals surface area contributed by atoms with Crippen molar-refractivity contribution in [1.82, 2.24) is 4.90 Å². The van der Waals surface area contributed by atoms with Gasteiger partial charge in [0.25, 0.3) is 0 Å². The van der Waals surface area contributed by atoms with E-state index in [4.69, 9.17) is 17.3 Å². The fourth-order valence-electron chi connectivity index (χ4n) is 1.76. The smallest absolute Gasteiger partial charge is 0.238 e. The number of hydrogen-bond donors (Lipinski definition) is 2. The number of carbonyl (C=O) groups is 1. The Morgan fingerprint density at radius 2 is 1.95 bits per heavy atom. The number of nitrogens with two attached hydrogens (primary N) is 1. The topological polar surface area (TPSA) is 58.4 Å². The normalized spacial score (nSPS) is 12.8. The van der Waals surface area contributed by atoms with Gasteiger partial charge in [-0.15, -0.1) is 0 Å². The van der Waals surface area contributed by atoms with Crippen molar-refractivity contribution < 1.29 is 4.79 Å². The van der Waals surface area contributed by atoms with Crippen LogP contribution in [0.5, 0.6) is 0 Å². The van der Waals surface area contributed by atoms with Crippen LogP contribution in [0.2, 0.25) is 5.02 Å². The van der Waals surface area contributed by atoms with Crippen LogP contribution in [-0.2, 0) is 4.79 Å². The van der Waals surface area contributed by atoms with Gasteiger partial charge in [0.2, 0.25) is 5.91 Å². The molecule has 1 rings (SSSR count). The van der Waals surface area contributed by atoms with E-state index in [1.165, 1.54) is 0 Å². The van der Waals surface area contributed by atoms with Crippen molar-refractivity contribution in [2.24, 2.45) is 11.7 Å². The molecule has 1 aromatic rings. The highest BCUT2D eigenvalue weighted by Crippen LogP contribution is 2.13. The van der Waals surface area contributed by atoms with Crippen molar-refractivity contribution in [1.29, 1.82) is 0 Å². The summed E-state index contributed by atoms with van der Waals surface area (Å²) in [6.45, 7) is 5.39. The summed E-state index contributed by atoms with van der Waals surface area (Å²) in [7, 11) is 1.93. The molecule has 20 heavy (non-hydrogen) atoms. The van der Waals surface area contributed by atoms with Crippen LogP contribution >= 0.6 is 11.6 Å². The molecule has 1 atom stereocenters. The van der Waals surface area contributed by atoms with Crippen LogP contribution in [-0.4, -0.2) is 37.0 Å². The molecular weight excluding hydrogens is 274 g/mol. The zero-order valence-electron chi connectivity index (χ0n) is 12.4. The third kappa shape index (κ3) is 6.37. The van der Waals surface area contributed by atoms with Crippen molar-refractivity contribution in [2.45, 2.75) is 26.3 Å². The highest BCUT2D eigenvalue weighted by molar-refractivity contribution is 6.30. The standard InChI is InChI=1S/C15H24ClN3O/c1-11(2)14(17)8-9-19(3)10-15(20)18-13-6-4-12(16)5-7-13/h4-7,11,14H,8-10,17H2,1-3H3,(H,18,20). The van der Waals surface area contributed by atoms with Crippen LogP contribution in [0, 0.1) is 5.92 Å². The summed E-state index contributed by atoms with van der Waals surface area (Å²) in [5.74, 6) is 0.430. The van der Waals surface area contributed by atoms with Crippen LogP contribution in [0.1, 0.15) is 20.3 Å². The quantitative estimate of drug-likeness (QED) is 0.813. The fraction of sp³-hybridized carbons (Fsp3) is 0.533. The van der Waals surface area contributed by atoms with Gasteiger partial charge in [0.05, 0.1) is 6.54 Å². The van der Waals surface area contributed by atoms with Gasteiger partial charge in [-0.3, -0.25) is 9.69 Å². The minimum absolute atomic E-state index is 0.0343. The van der Waals surface area contributed by atoms with Crippen molar-refractivity contribution in [3.63, 3.8) is 0 Å². The molecule has 3 N–H and O–H groups in total. The molecule has 0 aromatic heterocycles. The first-order valence-electron chi connectivity index (χ1n) is 6.88. The molecule has 4 nitrogen and oxygen atoms in total. The Labute approximate surface area is 126 Å². The zero-order valence-corrected chi connectivity index (χ0v) is 13.2. The minimum atomic E-state index is -0.0343. The van der Waals surface area contributed by atoms with Gasteiger partial charge in [-0.2, -0.15) is 0 Å². The van der Waals surface area contributed by atoms with Gasteiger partial charge in [0.1, 0.15) is 0 Å². The lowest BCUT2D eigenvalue weighted by Crippen LogP contribution is -2.35. The van der Waals surface area contributed by atoms with E-state index >= 15 is 0 Å². The van der Waals surface area contributed by atoms with Gasteiger partial charge >= 0.3 is 0 Å². The molecule has 0 bridgehead atoms. The lowest BCUT2D eigenvalue weighted by molar-refractivity contribution is -0.117. The molecule has 0 aliphatic carbocycles. The van der Waals surface area contributed by atoms with Crippen LogP contribution in [0.3, 0.4) is 0 Å². The molecule has 0 aliphatic rings. The second kappa shape index (κ2) is 8.25. The molecule has 1 aromatic carbocycles. The largest absolute Gasteiger partial charge is 0.327 e. The summed E-state index contributed by atoms with van der Waals surface area (Å²) in [6.07, 6.45) is 0.891. The molecule has 0 heterocycles. The van der Waals surface area contributed by atoms with E-state index in [1.807, 2.05) is 11.9 Å². The summed E-state index contributed by atoms with van der Waals surface area (Å²) in [6, 6.07) is 7.26. The molecule has 0 saturated carbocycles. The first-order chi connectivity index (χ1) is 9.38. The molecule has 5 heteroatoms. The molecule has 0 saturated heterocycles. The summed E-state index contributed by atoms with van der Waals surface area (Å²) >= 11 is 5.80. The SMILES string of the molecule is CC(C)C(N)CCN(C)CC(=O)Nc1ccc(Cl)cc1. The fourth-order valence-corrected chi connectivity index (χ4v) is 1.89. The maximum Gasteiger partial charge on any atom is 0.238 e. The van der Waals surface area contributed by atoms with Crippen LogP contribution in [0.15, 0.2) is 24.3 Å². The Morgan fingerprint density at radius 1 is 1.35 bits per heavy atom. The number of nitrogens with one attached hydrogen (secondary N) is 1. The number of anilines is 1. The van der Waals surface area contributed by atoms with E-state index in [1.54, 1.807) is 24.3 Å². The third-order valence-electron chi connectivity index (χ3n) is 3.24. The Hall–Kier alpha value is -1.10. The first-order valence-corrected chi connectivity index (χ1v) is 7.26. The monoisotopic (exact) mass is 297 g/mol. The van der Waals surface area contributed by atoms with Gasteiger partial charge in [-0.1, -0.05) is 25.4 Å². The van der Waals surface area contributed by atoms with Crippen LogP contribution in [0.25, 0.3) is 0 Å². The number of halogens is 1. The minimum Gasteiger partial charge on any atom is -0.327 e. The summed E-state index contributed by atoms with van der Waals surface area (Å²) < 4.78 is 0. The number of carbonyl (C=O) groups excluding carboxylic acids is 1. The molecule has 1 unspecified atom stereocenters. The number of benzene rings is 1. The van der Waals surface area contributed by atoms with E-state index in [2.05, 4.69) is 19.2 Å². The van der Waals surface area contributed by atoms with Gasteiger partial charge in [-0.25, -0.2) is 0 Å². The highest BCUT2D eigenvalue weighted by Gasteiger charge is 2.11. The van der Waals surface area contributed by atoms with Crippen molar-refractivity contribution in [2.75, 3.05) is 25.5 Å². The lowest BCUT2D eigenvalue weighted by Gasteiger charge is -2.20. The number of hydrogen-bond acceptors (Lipinski definition) is 3. The number of likely N-dealkylation sites (N-methyl/N-ethyl adjacent to an activating group) is 1. The van der Waals surface area contributed by atoms with E-state index in [9.17, 15) is 4.79 Å². The molecule has 0 fully saturated rings. The summed E-state index contributed by atoms with van der Waals surface area (Å²) in [4.78, 5) is 13.8. The highest BCUT2D eigenvalue weighted by atomic mass is 35.5. The maximum atomic E-state index is 11.9. The van der Waals surface area contributed by atoms with Gasteiger partial charge in [0.15, 0.2) is 0 Å². The summed E-state index contributed by atoms with van der Waals surface area (Å²) in [5, 5.41) is 3.50. The number of rotatable bonds is 7. The Morgan fingerprint density at radius 3 is 2.50 bits per heavy atom. The van der Waals surface area contributed by atoms with E-state index in [0.29, 0.717) is 17.5 Å². The molecule has 0 aliphatic heterocycles. The van der Waals surface area contributed by atoms with Crippen molar-refractivity contribution in [3.05, 3.63) is 29.3 Å². The number of amides is 1. The maximum absolute atomic E-state index is 11.9. The van der Waals surface area contributed by atoms with E-state index < -0.39 is 0 Å². The Bertz CT molecular complexity index is 420. The van der Waals surface area contributed by atoms with Crippen molar-refractivity contribution in [3.8, 4) is 0 Å². The number of nitrogens with zero attached hydrogens (tertiary/aromatic N) is 1. The third-order valence-corrected chi connectivity index (χ3v) is 3.49. The summed E-state index contributed by atoms with van der Waals surface area (Å²) in [5.41, 5.74) is 6.75. The lowest BCUT2D eigenvalue weighted by atomic mass is 10.0. The molecule has 0 spiro atoms. The predicted octanol–water partition coefficient (Wildman–Crippen LogP) is 2.58. The zero-order chi connectivity index (χ0) is 15.1. The van der Waals surface area contributed by atoms with E-state index in [0.717, 1.165) is 18.7 Å². The second-order valence-corrected chi connectivity index (χ2v) is 5.93. The van der Waals surface area contributed by atoms with E-state index in [-0.39, 0.29) is 11.9 Å². The molecular formula is C15H24ClN3O. The second-order valence-electron chi connectivity index (χ2n) is 5.49. The van der Waals surface area contributed by atoms with Crippen LogP contribution < -0.4 is 11.1 Å². The van der Waals surface area contributed by atoms with Crippen LogP contribution in [0.4, 0.5) is 5.69 Å². The van der Waals surface area contributed by atoms with Gasteiger partial charge in [0, 0.05) is 16.8 Å². The average Bonchev–Trinajstić information content (AvgIpc) is 2.38.